The number of esters is 1. The first-order valence-electron chi connectivity index (χ1n) is 11.7. The van der Waals surface area contributed by atoms with Gasteiger partial charge in [0.2, 0.25) is 6.10 Å². The zero-order valence-electron chi connectivity index (χ0n) is 20.2. The van der Waals surface area contributed by atoms with Crippen molar-refractivity contribution in [3.8, 4) is 10.6 Å². The number of rotatable bonds is 7. The number of nitrogens with one attached hydrogen (secondary N) is 1. The number of carbonyl (C=O) groups excluding carboxylic acids is 2. The molecule has 1 atom stereocenters. The summed E-state index contributed by atoms with van der Waals surface area (Å²) in [6.45, 7) is 1.72. The van der Waals surface area contributed by atoms with E-state index in [9.17, 15) is 19.7 Å². The molecule has 9 heteroatoms. The highest BCUT2D eigenvalue weighted by Crippen LogP contribution is 2.34. The molecule has 1 aromatic heterocycles. The van der Waals surface area contributed by atoms with Gasteiger partial charge in [-0.15, -0.1) is 11.3 Å². The molecule has 0 spiro atoms. The Morgan fingerprint density at radius 1 is 0.947 bits per heavy atom. The van der Waals surface area contributed by atoms with E-state index in [1.807, 2.05) is 24.3 Å². The van der Waals surface area contributed by atoms with Crippen molar-refractivity contribution in [1.82, 2.24) is 4.98 Å². The van der Waals surface area contributed by atoms with Gasteiger partial charge in [-0.3, -0.25) is 14.9 Å². The van der Waals surface area contributed by atoms with E-state index in [2.05, 4.69) is 10.3 Å². The van der Waals surface area contributed by atoms with E-state index in [-0.39, 0.29) is 16.9 Å². The topological polar surface area (TPSA) is 111 Å². The van der Waals surface area contributed by atoms with Gasteiger partial charge in [0.15, 0.2) is 0 Å². The van der Waals surface area contributed by atoms with Gasteiger partial charge in [0.05, 0.1) is 20.7 Å². The lowest BCUT2D eigenvalue weighted by molar-refractivity contribution is -0.384. The summed E-state index contributed by atoms with van der Waals surface area (Å²) in [4.78, 5) is 42.5. The molecule has 1 N–H and O–H groups in total. The van der Waals surface area contributed by atoms with E-state index in [4.69, 9.17) is 4.74 Å². The number of nitro groups is 1. The summed E-state index contributed by atoms with van der Waals surface area (Å²) in [6.07, 6.45) is -1.35. The van der Waals surface area contributed by atoms with Crippen LogP contribution in [0.15, 0.2) is 97.1 Å². The highest BCUT2D eigenvalue weighted by molar-refractivity contribution is 7.21. The molecular weight excluding hydrogens is 502 g/mol. The SMILES string of the molecule is Cc1ccc(NC(=O)C(OC(=O)c2ccccc2-c2nc3ccccc3s2)c2ccccc2)c([N+](=O)[O-])c1. The van der Waals surface area contributed by atoms with Crippen molar-refractivity contribution in [2.45, 2.75) is 13.0 Å². The molecule has 0 radical (unpaired) electrons. The number of hydrogen-bond donors (Lipinski definition) is 1. The third-order valence-corrected chi connectivity index (χ3v) is 6.91. The van der Waals surface area contributed by atoms with Crippen LogP contribution in [-0.4, -0.2) is 21.8 Å². The van der Waals surface area contributed by atoms with Crippen LogP contribution in [0.5, 0.6) is 0 Å². The number of carbonyl (C=O) groups is 2. The summed E-state index contributed by atoms with van der Waals surface area (Å²) in [6, 6.07) is 27.6. The summed E-state index contributed by atoms with van der Waals surface area (Å²) in [5.41, 5.74) is 2.51. The lowest BCUT2D eigenvalue weighted by Crippen LogP contribution is -2.26. The van der Waals surface area contributed by atoms with E-state index in [0.717, 1.165) is 10.2 Å². The largest absolute Gasteiger partial charge is 0.444 e. The van der Waals surface area contributed by atoms with Crippen LogP contribution >= 0.6 is 11.3 Å². The molecule has 38 heavy (non-hydrogen) atoms. The summed E-state index contributed by atoms with van der Waals surface area (Å²) in [5.74, 6) is -1.43. The lowest BCUT2D eigenvalue weighted by Gasteiger charge is -2.19. The zero-order valence-corrected chi connectivity index (χ0v) is 21.0. The van der Waals surface area contributed by atoms with Crippen LogP contribution in [0.3, 0.4) is 0 Å². The normalized spacial score (nSPS) is 11.6. The monoisotopic (exact) mass is 523 g/mol. The molecule has 5 rings (SSSR count). The number of benzene rings is 4. The maximum absolute atomic E-state index is 13.5. The molecule has 0 saturated heterocycles. The fourth-order valence-electron chi connectivity index (χ4n) is 4.00. The minimum atomic E-state index is -1.35. The van der Waals surface area contributed by atoms with Gasteiger partial charge >= 0.3 is 5.97 Å². The van der Waals surface area contributed by atoms with Crippen molar-refractivity contribution in [1.29, 1.82) is 0 Å². The number of ether oxygens (including phenoxy) is 1. The molecule has 8 nitrogen and oxygen atoms in total. The number of aromatic nitrogens is 1. The van der Waals surface area contributed by atoms with Gasteiger partial charge in [-0.1, -0.05) is 66.7 Å². The zero-order chi connectivity index (χ0) is 26.6. The fraction of sp³-hybridized carbons (Fsp3) is 0.0690. The molecule has 1 heterocycles. The lowest BCUT2D eigenvalue weighted by atomic mass is 10.1. The minimum Gasteiger partial charge on any atom is -0.444 e. The molecular formula is C29H21N3O5S. The van der Waals surface area contributed by atoms with Gasteiger partial charge in [-0.2, -0.15) is 0 Å². The Hall–Kier alpha value is -4.89. The van der Waals surface area contributed by atoms with Gasteiger partial charge in [0.1, 0.15) is 10.7 Å². The van der Waals surface area contributed by atoms with Crippen LogP contribution < -0.4 is 5.32 Å². The highest BCUT2D eigenvalue weighted by Gasteiger charge is 2.29. The van der Waals surface area contributed by atoms with E-state index in [1.54, 1.807) is 67.6 Å². The summed E-state index contributed by atoms with van der Waals surface area (Å²) in [5, 5.41) is 14.8. The number of nitrogens with zero attached hydrogens (tertiary/aromatic N) is 2. The van der Waals surface area contributed by atoms with Crippen molar-refractivity contribution in [3.63, 3.8) is 0 Å². The fourth-order valence-corrected chi connectivity index (χ4v) is 5.01. The summed E-state index contributed by atoms with van der Waals surface area (Å²) < 4.78 is 6.75. The average Bonchev–Trinajstić information content (AvgIpc) is 3.37. The Kier molecular flexibility index (Phi) is 6.92. The molecule has 0 saturated carbocycles. The molecule has 4 aromatic carbocycles. The van der Waals surface area contributed by atoms with Crippen LogP contribution in [0.25, 0.3) is 20.8 Å². The number of amides is 1. The van der Waals surface area contributed by atoms with Crippen LogP contribution in [0.1, 0.15) is 27.6 Å². The van der Waals surface area contributed by atoms with Crippen LogP contribution in [0, 0.1) is 17.0 Å². The number of thiazole rings is 1. The Morgan fingerprint density at radius 3 is 2.42 bits per heavy atom. The first kappa shape index (κ1) is 24.8. The number of para-hydroxylation sites is 1. The van der Waals surface area contributed by atoms with E-state index in [1.165, 1.54) is 23.5 Å². The van der Waals surface area contributed by atoms with Gasteiger partial charge in [-0.05, 0) is 36.8 Å². The van der Waals surface area contributed by atoms with Crippen LogP contribution in [0.4, 0.5) is 11.4 Å². The third kappa shape index (κ3) is 5.14. The van der Waals surface area contributed by atoms with Crippen molar-refractivity contribution >= 4 is 44.8 Å². The quantitative estimate of drug-likeness (QED) is 0.144. The number of aryl methyl sites for hydroxylation is 1. The Balaban J connectivity index is 1.48. The second-order valence-corrected chi connectivity index (χ2v) is 9.53. The van der Waals surface area contributed by atoms with E-state index in [0.29, 0.717) is 21.7 Å². The summed E-state index contributed by atoms with van der Waals surface area (Å²) in [7, 11) is 0. The van der Waals surface area contributed by atoms with E-state index < -0.39 is 22.9 Å². The van der Waals surface area contributed by atoms with Crippen LogP contribution in [-0.2, 0) is 9.53 Å². The first-order chi connectivity index (χ1) is 18.4. The highest BCUT2D eigenvalue weighted by atomic mass is 32.1. The second kappa shape index (κ2) is 10.6. The maximum atomic E-state index is 13.5. The second-order valence-electron chi connectivity index (χ2n) is 8.50. The third-order valence-electron chi connectivity index (χ3n) is 5.84. The predicted molar refractivity (Wildman–Crippen MR) is 146 cm³/mol. The number of nitro benzene ring substituents is 1. The van der Waals surface area contributed by atoms with Gasteiger partial charge in [-0.25, -0.2) is 9.78 Å². The smallest absolute Gasteiger partial charge is 0.339 e. The minimum absolute atomic E-state index is 0.0115. The average molecular weight is 524 g/mol. The van der Waals surface area contributed by atoms with Gasteiger partial charge < -0.3 is 10.1 Å². The predicted octanol–water partition coefficient (Wildman–Crippen LogP) is 6.72. The molecule has 1 unspecified atom stereocenters. The standard InChI is InChI=1S/C29H21N3O5S/c1-18-15-16-22(24(17-18)32(35)36)30-27(33)26(19-9-3-2-4-10-19)37-29(34)21-12-6-5-11-20(21)28-31-23-13-7-8-14-25(23)38-28/h2-17,26H,1H3,(H,30,33). The van der Waals surface area contributed by atoms with Crippen molar-refractivity contribution in [2.75, 3.05) is 5.32 Å². The van der Waals surface area contributed by atoms with E-state index >= 15 is 0 Å². The van der Waals surface area contributed by atoms with Gasteiger partial charge in [0, 0.05) is 17.2 Å². The van der Waals surface area contributed by atoms with Crippen molar-refractivity contribution < 1.29 is 19.2 Å². The summed E-state index contributed by atoms with van der Waals surface area (Å²) >= 11 is 1.45. The maximum Gasteiger partial charge on any atom is 0.339 e. The van der Waals surface area contributed by atoms with Crippen molar-refractivity contribution in [3.05, 3.63) is 124 Å². The first-order valence-corrected chi connectivity index (χ1v) is 12.5. The van der Waals surface area contributed by atoms with Gasteiger partial charge in [0.25, 0.3) is 11.6 Å². The molecule has 1 amide bonds. The molecule has 0 fully saturated rings. The molecule has 5 aromatic rings. The number of hydrogen-bond acceptors (Lipinski definition) is 7. The Labute approximate surface area is 221 Å². The molecule has 0 aliphatic heterocycles. The molecule has 0 bridgehead atoms. The van der Waals surface area contributed by atoms with Crippen molar-refractivity contribution in [2.24, 2.45) is 0 Å². The molecule has 0 aliphatic carbocycles. The molecule has 0 aliphatic rings. The Bertz CT molecular complexity index is 1630. The number of fused-ring (bicyclic) bond motifs is 1. The van der Waals surface area contributed by atoms with Crippen LogP contribution in [0.2, 0.25) is 0 Å². The Morgan fingerprint density at radius 2 is 1.66 bits per heavy atom. The molecule has 188 valence electrons. The number of anilines is 1.